The van der Waals surface area contributed by atoms with Crippen molar-refractivity contribution >= 4 is 15.9 Å². The Morgan fingerprint density at radius 3 is 2.46 bits per heavy atom. The lowest BCUT2D eigenvalue weighted by Crippen LogP contribution is -2.47. The Bertz CT molecular complexity index is 828. The summed E-state index contributed by atoms with van der Waals surface area (Å²) in [6.07, 6.45) is 9.05. The fourth-order valence-corrected chi connectivity index (χ4v) is 6.57. The van der Waals surface area contributed by atoms with Crippen LogP contribution in [0, 0.1) is 11.8 Å². The molecule has 2 atom stereocenters. The zero-order chi connectivity index (χ0) is 19.7. The van der Waals surface area contributed by atoms with Crippen molar-refractivity contribution in [1.82, 2.24) is 9.62 Å². The zero-order valence-corrected chi connectivity index (χ0v) is 17.6. The first-order valence-corrected chi connectivity index (χ1v) is 12.3. The second-order valence-electron chi connectivity index (χ2n) is 8.84. The number of aryl methyl sites for hydroxylation is 2. The normalized spacial score (nSPS) is 26.8. The van der Waals surface area contributed by atoms with E-state index in [0.29, 0.717) is 36.7 Å². The molecule has 0 aromatic heterocycles. The Kier molecular flexibility index (Phi) is 5.79. The first-order chi connectivity index (χ1) is 13.4. The molecule has 28 heavy (non-hydrogen) atoms. The number of nitrogens with zero attached hydrogens (tertiary/aromatic N) is 1. The molecule has 1 aliphatic heterocycles. The number of carbonyl (C=O) groups excluding carboxylic acids is 1. The van der Waals surface area contributed by atoms with Crippen LogP contribution in [0.3, 0.4) is 0 Å². The number of rotatable bonds is 4. The van der Waals surface area contributed by atoms with Crippen LogP contribution in [0.25, 0.3) is 0 Å². The quantitative estimate of drug-likeness (QED) is 0.838. The van der Waals surface area contributed by atoms with Crippen LogP contribution in [-0.4, -0.2) is 37.8 Å². The van der Waals surface area contributed by atoms with Gasteiger partial charge in [-0.2, -0.15) is 4.31 Å². The maximum absolute atomic E-state index is 13.0. The third kappa shape index (κ3) is 3.99. The first-order valence-electron chi connectivity index (χ1n) is 10.9. The van der Waals surface area contributed by atoms with E-state index in [9.17, 15) is 13.2 Å². The Morgan fingerprint density at radius 2 is 1.71 bits per heavy atom. The van der Waals surface area contributed by atoms with E-state index in [1.54, 1.807) is 10.4 Å². The summed E-state index contributed by atoms with van der Waals surface area (Å²) in [4.78, 5) is 13.1. The summed E-state index contributed by atoms with van der Waals surface area (Å²) in [6, 6.07) is 5.87. The minimum atomic E-state index is -3.47. The van der Waals surface area contributed by atoms with E-state index < -0.39 is 10.0 Å². The van der Waals surface area contributed by atoms with E-state index in [-0.39, 0.29) is 17.9 Å². The van der Waals surface area contributed by atoms with Crippen LogP contribution in [-0.2, 0) is 27.7 Å². The minimum absolute atomic E-state index is 0.0689. The van der Waals surface area contributed by atoms with Gasteiger partial charge in [-0.3, -0.25) is 4.79 Å². The summed E-state index contributed by atoms with van der Waals surface area (Å²) in [5.74, 6) is 0.590. The minimum Gasteiger partial charge on any atom is -0.353 e. The second kappa shape index (κ2) is 8.15. The molecule has 154 valence electrons. The topological polar surface area (TPSA) is 66.5 Å². The van der Waals surface area contributed by atoms with E-state index in [4.69, 9.17) is 0 Å². The molecule has 1 aromatic rings. The largest absolute Gasteiger partial charge is 0.353 e. The molecular weight excluding hydrogens is 372 g/mol. The highest BCUT2D eigenvalue weighted by molar-refractivity contribution is 7.89. The summed E-state index contributed by atoms with van der Waals surface area (Å²) < 4.78 is 27.7. The van der Waals surface area contributed by atoms with Gasteiger partial charge in [-0.25, -0.2) is 8.42 Å². The van der Waals surface area contributed by atoms with Crippen LogP contribution in [0.4, 0.5) is 0 Å². The number of nitrogens with one attached hydrogen (secondary N) is 1. The second-order valence-corrected chi connectivity index (χ2v) is 10.8. The van der Waals surface area contributed by atoms with Crippen molar-refractivity contribution in [1.29, 1.82) is 0 Å². The van der Waals surface area contributed by atoms with E-state index in [0.717, 1.165) is 25.7 Å². The molecule has 3 aliphatic rings. The molecule has 0 radical (unpaired) electrons. The van der Waals surface area contributed by atoms with Crippen molar-refractivity contribution < 1.29 is 13.2 Å². The Hall–Kier alpha value is -1.40. The van der Waals surface area contributed by atoms with Gasteiger partial charge in [0.1, 0.15) is 0 Å². The number of hydrogen-bond donors (Lipinski definition) is 1. The summed E-state index contributed by atoms with van der Waals surface area (Å²) >= 11 is 0. The molecule has 0 spiro atoms. The Morgan fingerprint density at radius 1 is 1.00 bits per heavy atom. The third-order valence-electron chi connectivity index (χ3n) is 6.97. The molecule has 2 aliphatic carbocycles. The van der Waals surface area contributed by atoms with Crippen molar-refractivity contribution in [3.8, 4) is 0 Å². The molecule has 2 fully saturated rings. The van der Waals surface area contributed by atoms with E-state index >= 15 is 0 Å². The summed E-state index contributed by atoms with van der Waals surface area (Å²) in [5, 5.41) is 3.24. The number of amides is 1. The molecular formula is C22H32N2O3S. The van der Waals surface area contributed by atoms with Gasteiger partial charge in [-0.05, 0) is 74.1 Å². The van der Waals surface area contributed by atoms with E-state index in [2.05, 4.69) is 12.2 Å². The Balaban J connectivity index is 1.36. The van der Waals surface area contributed by atoms with Crippen LogP contribution in [0.1, 0.15) is 63.0 Å². The first kappa shape index (κ1) is 19.9. The van der Waals surface area contributed by atoms with Gasteiger partial charge >= 0.3 is 0 Å². The molecule has 1 aromatic carbocycles. The number of fused-ring (bicyclic) bond motifs is 1. The molecule has 5 nitrogen and oxygen atoms in total. The van der Waals surface area contributed by atoms with Gasteiger partial charge in [0.2, 0.25) is 15.9 Å². The van der Waals surface area contributed by atoms with Crippen LogP contribution in [0.15, 0.2) is 23.1 Å². The molecule has 1 saturated carbocycles. The van der Waals surface area contributed by atoms with Gasteiger partial charge in [0.15, 0.2) is 0 Å². The van der Waals surface area contributed by atoms with Gasteiger partial charge in [0.25, 0.3) is 0 Å². The van der Waals surface area contributed by atoms with Gasteiger partial charge in [0, 0.05) is 25.0 Å². The maximum Gasteiger partial charge on any atom is 0.243 e. The van der Waals surface area contributed by atoms with Crippen LogP contribution >= 0.6 is 0 Å². The van der Waals surface area contributed by atoms with Crippen LogP contribution in [0.5, 0.6) is 0 Å². The number of piperidine rings is 1. The van der Waals surface area contributed by atoms with Crippen molar-refractivity contribution in [3.63, 3.8) is 0 Å². The van der Waals surface area contributed by atoms with E-state index in [1.807, 2.05) is 12.1 Å². The predicted molar refractivity (Wildman–Crippen MR) is 110 cm³/mol. The molecule has 1 amide bonds. The lowest BCUT2D eigenvalue weighted by atomic mass is 9.85. The van der Waals surface area contributed by atoms with Gasteiger partial charge in [-0.1, -0.05) is 25.8 Å². The molecule has 6 heteroatoms. The summed E-state index contributed by atoms with van der Waals surface area (Å²) in [7, 11) is -3.47. The zero-order valence-electron chi connectivity index (χ0n) is 16.8. The lowest BCUT2D eigenvalue weighted by Gasteiger charge is -2.34. The van der Waals surface area contributed by atoms with Crippen molar-refractivity contribution in [3.05, 3.63) is 29.3 Å². The standard InChI is InChI=1S/C22H32N2O3S/c1-16-5-2-3-8-21(16)23-22(25)18-11-13-24(14-12-18)28(26,27)20-10-9-17-6-4-7-19(17)15-20/h9-10,15-16,18,21H,2-8,11-14H2,1H3,(H,23,25). The molecule has 2 unspecified atom stereocenters. The smallest absolute Gasteiger partial charge is 0.243 e. The lowest BCUT2D eigenvalue weighted by molar-refractivity contribution is -0.127. The third-order valence-corrected chi connectivity index (χ3v) is 8.87. The molecule has 4 rings (SSSR count). The highest BCUT2D eigenvalue weighted by atomic mass is 32.2. The van der Waals surface area contributed by atoms with Crippen LogP contribution in [0.2, 0.25) is 0 Å². The summed E-state index contributed by atoms with van der Waals surface area (Å²) in [5.41, 5.74) is 2.46. The van der Waals surface area contributed by atoms with Gasteiger partial charge in [0.05, 0.1) is 4.90 Å². The summed E-state index contributed by atoms with van der Waals surface area (Å²) in [6.45, 7) is 3.07. The highest BCUT2D eigenvalue weighted by Crippen LogP contribution is 2.29. The number of sulfonamides is 1. The molecule has 1 N–H and O–H groups in total. The number of benzene rings is 1. The molecule has 0 bridgehead atoms. The van der Waals surface area contributed by atoms with Crippen molar-refractivity contribution in [2.45, 2.75) is 75.6 Å². The monoisotopic (exact) mass is 404 g/mol. The van der Waals surface area contributed by atoms with Gasteiger partial charge < -0.3 is 5.32 Å². The van der Waals surface area contributed by atoms with Crippen molar-refractivity contribution in [2.75, 3.05) is 13.1 Å². The fourth-order valence-electron chi connectivity index (χ4n) is 5.05. The van der Waals surface area contributed by atoms with Crippen molar-refractivity contribution in [2.24, 2.45) is 11.8 Å². The highest BCUT2D eigenvalue weighted by Gasteiger charge is 2.34. The average Bonchev–Trinajstić information content (AvgIpc) is 3.17. The van der Waals surface area contributed by atoms with Gasteiger partial charge in [-0.15, -0.1) is 0 Å². The average molecular weight is 405 g/mol. The maximum atomic E-state index is 13.0. The molecule has 1 heterocycles. The molecule has 1 saturated heterocycles. The fraction of sp³-hybridized carbons (Fsp3) is 0.682. The number of carbonyl (C=O) groups is 1. The Labute approximate surface area is 168 Å². The van der Waals surface area contributed by atoms with Crippen LogP contribution < -0.4 is 5.32 Å². The predicted octanol–water partition coefficient (Wildman–Crippen LogP) is 3.27. The van der Waals surface area contributed by atoms with E-state index in [1.165, 1.54) is 30.4 Å². The number of hydrogen-bond acceptors (Lipinski definition) is 3. The SMILES string of the molecule is CC1CCCCC1NC(=O)C1CCN(S(=O)(=O)c2ccc3c(c2)CCC3)CC1.